The first-order chi connectivity index (χ1) is 13.5. The number of piperidine rings is 1. The van der Waals surface area contributed by atoms with Crippen LogP contribution < -0.4 is 15.0 Å². The van der Waals surface area contributed by atoms with E-state index in [1.165, 1.54) is 49.0 Å². The van der Waals surface area contributed by atoms with Crippen LogP contribution in [0.25, 0.3) is 0 Å². The molecule has 1 aliphatic carbocycles. The van der Waals surface area contributed by atoms with Crippen LogP contribution in [-0.2, 0) is 9.59 Å². The molecule has 1 aliphatic heterocycles. The van der Waals surface area contributed by atoms with E-state index in [4.69, 9.17) is 16.3 Å². The zero-order valence-electron chi connectivity index (χ0n) is 16.8. The quantitative estimate of drug-likeness (QED) is 0.755. The maximum Gasteiger partial charge on any atom is 0.277 e. The van der Waals surface area contributed by atoms with E-state index in [0.29, 0.717) is 23.0 Å². The number of fused-ring (bicyclic) bond motifs is 1. The smallest absolute Gasteiger partial charge is 0.277 e. The Kier molecular flexibility index (Phi) is 7.18. The number of ether oxygens (including phenoxy) is 1. The first kappa shape index (κ1) is 20.9. The summed E-state index contributed by atoms with van der Waals surface area (Å²) in [6, 6.07) is 5.04. The van der Waals surface area contributed by atoms with Gasteiger partial charge in [0.25, 0.3) is 5.91 Å². The van der Waals surface area contributed by atoms with Gasteiger partial charge in [0, 0.05) is 18.0 Å². The number of methoxy groups -OCH3 is 1. The van der Waals surface area contributed by atoms with Crippen LogP contribution in [0.2, 0.25) is 5.02 Å². The second-order valence-electron chi connectivity index (χ2n) is 8.12. The molecule has 1 saturated heterocycles. The van der Waals surface area contributed by atoms with E-state index in [1.807, 2.05) is 0 Å². The molecule has 7 heteroatoms. The van der Waals surface area contributed by atoms with E-state index in [1.54, 1.807) is 25.2 Å². The number of amides is 2. The number of nitrogens with zero attached hydrogens (tertiary/aromatic N) is 1. The van der Waals surface area contributed by atoms with Crippen molar-refractivity contribution in [1.82, 2.24) is 4.90 Å². The van der Waals surface area contributed by atoms with Gasteiger partial charge in [-0.05, 0) is 43.4 Å². The minimum Gasteiger partial charge on any atom is -0.495 e. The molecule has 1 heterocycles. The highest BCUT2D eigenvalue weighted by Crippen LogP contribution is 2.32. The van der Waals surface area contributed by atoms with Crippen molar-refractivity contribution in [1.29, 1.82) is 0 Å². The van der Waals surface area contributed by atoms with E-state index in [2.05, 4.69) is 5.32 Å². The molecule has 3 atom stereocenters. The summed E-state index contributed by atoms with van der Waals surface area (Å²) in [5.41, 5.74) is 0.505. The van der Waals surface area contributed by atoms with Crippen molar-refractivity contribution in [3.05, 3.63) is 23.2 Å². The van der Waals surface area contributed by atoms with Crippen molar-refractivity contribution < 1.29 is 19.2 Å². The Morgan fingerprint density at radius 3 is 2.75 bits per heavy atom. The topological polar surface area (TPSA) is 63.1 Å². The zero-order chi connectivity index (χ0) is 20.1. The number of quaternary nitrogens is 1. The monoisotopic (exact) mass is 408 g/mol. The molecule has 2 N–H and O–H groups in total. The summed E-state index contributed by atoms with van der Waals surface area (Å²) < 4.78 is 5.24. The minimum absolute atomic E-state index is 0.00777. The second kappa shape index (κ2) is 9.61. The number of hydrogen-bond donors (Lipinski definition) is 2. The highest BCUT2D eigenvalue weighted by molar-refractivity contribution is 6.31. The average molecular weight is 409 g/mol. The maximum atomic E-state index is 12.6. The Labute approximate surface area is 172 Å². The zero-order valence-corrected chi connectivity index (χ0v) is 17.6. The van der Waals surface area contributed by atoms with Gasteiger partial charge in [-0.1, -0.05) is 24.4 Å². The van der Waals surface area contributed by atoms with E-state index in [-0.39, 0.29) is 18.4 Å². The molecule has 0 aromatic heterocycles. The number of halogens is 1. The molecular weight excluding hydrogens is 378 g/mol. The maximum absolute atomic E-state index is 12.6. The van der Waals surface area contributed by atoms with Gasteiger partial charge < -0.3 is 19.9 Å². The molecule has 2 amide bonds. The molecule has 28 heavy (non-hydrogen) atoms. The summed E-state index contributed by atoms with van der Waals surface area (Å²) in [6.45, 7) is 2.63. The van der Waals surface area contributed by atoms with E-state index in [9.17, 15) is 9.59 Å². The Morgan fingerprint density at radius 1 is 1.25 bits per heavy atom. The van der Waals surface area contributed by atoms with Crippen molar-refractivity contribution in [3.63, 3.8) is 0 Å². The van der Waals surface area contributed by atoms with Crippen LogP contribution in [-0.4, -0.2) is 57.1 Å². The molecule has 6 nitrogen and oxygen atoms in total. The summed E-state index contributed by atoms with van der Waals surface area (Å²) >= 11 is 6.00. The van der Waals surface area contributed by atoms with Gasteiger partial charge in [0.15, 0.2) is 6.54 Å². The molecule has 1 saturated carbocycles. The lowest BCUT2D eigenvalue weighted by Crippen LogP contribution is -3.15. The Morgan fingerprint density at radius 2 is 2.00 bits per heavy atom. The summed E-state index contributed by atoms with van der Waals surface area (Å²) in [7, 11) is 3.22. The van der Waals surface area contributed by atoms with Crippen molar-refractivity contribution in [2.75, 3.05) is 45.7 Å². The fraction of sp³-hybridized carbons (Fsp3) is 0.619. The SMILES string of the molecule is COc1ccc(Cl)cc1NC(=O)CN(C)C(=O)C[NH+]1CC[C@H]2CCCC[C@@H]2C1. The van der Waals surface area contributed by atoms with Crippen LogP contribution in [0.1, 0.15) is 32.1 Å². The normalized spacial score (nSPS) is 24.2. The lowest BCUT2D eigenvalue weighted by atomic mass is 9.75. The summed E-state index contributed by atoms with van der Waals surface area (Å²) in [4.78, 5) is 27.9. The number of rotatable bonds is 6. The fourth-order valence-electron chi connectivity index (χ4n) is 4.58. The van der Waals surface area contributed by atoms with E-state index >= 15 is 0 Å². The van der Waals surface area contributed by atoms with Crippen LogP contribution in [0.5, 0.6) is 5.75 Å². The van der Waals surface area contributed by atoms with E-state index in [0.717, 1.165) is 24.9 Å². The van der Waals surface area contributed by atoms with Crippen LogP contribution in [0.15, 0.2) is 18.2 Å². The fourth-order valence-corrected chi connectivity index (χ4v) is 4.75. The number of anilines is 1. The van der Waals surface area contributed by atoms with Gasteiger partial charge in [-0.3, -0.25) is 9.59 Å². The summed E-state index contributed by atoms with van der Waals surface area (Å²) in [5, 5.41) is 3.29. The molecule has 2 fully saturated rings. The van der Waals surface area contributed by atoms with Gasteiger partial charge in [0.2, 0.25) is 5.91 Å². The molecule has 1 unspecified atom stereocenters. The van der Waals surface area contributed by atoms with Crippen LogP contribution in [0, 0.1) is 11.8 Å². The predicted molar refractivity (Wildman–Crippen MR) is 110 cm³/mol. The lowest BCUT2D eigenvalue weighted by Gasteiger charge is -2.38. The Hall–Kier alpha value is -1.79. The molecule has 1 aromatic rings. The van der Waals surface area contributed by atoms with Gasteiger partial charge in [-0.2, -0.15) is 0 Å². The molecule has 0 bridgehead atoms. The van der Waals surface area contributed by atoms with Crippen molar-refractivity contribution in [2.45, 2.75) is 32.1 Å². The largest absolute Gasteiger partial charge is 0.495 e. The van der Waals surface area contributed by atoms with Gasteiger partial charge in [-0.25, -0.2) is 0 Å². The number of benzene rings is 1. The highest BCUT2D eigenvalue weighted by atomic mass is 35.5. The molecule has 1 aromatic carbocycles. The second-order valence-corrected chi connectivity index (χ2v) is 8.55. The summed E-state index contributed by atoms with van der Waals surface area (Å²) in [5.74, 6) is 1.92. The first-order valence-corrected chi connectivity index (χ1v) is 10.5. The first-order valence-electron chi connectivity index (χ1n) is 10.2. The third-order valence-electron chi connectivity index (χ3n) is 6.13. The van der Waals surface area contributed by atoms with Crippen LogP contribution >= 0.6 is 11.6 Å². The number of carbonyl (C=O) groups excluding carboxylic acids is 2. The van der Waals surface area contributed by atoms with Gasteiger partial charge in [-0.15, -0.1) is 0 Å². The Bertz CT molecular complexity index is 712. The van der Waals surface area contributed by atoms with Gasteiger partial charge in [0.05, 0.1) is 32.4 Å². The molecular formula is C21H31ClN3O3+. The van der Waals surface area contributed by atoms with Crippen molar-refractivity contribution in [3.8, 4) is 5.75 Å². The van der Waals surface area contributed by atoms with Gasteiger partial charge >= 0.3 is 0 Å². The third-order valence-corrected chi connectivity index (χ3v) is 6.36. The molecule has 2 aliphatic rings. The highest BCUT2D eigenvalue weighted by Gasteiger charge is 2.34. The minimum atomic E-state index is -0.266. The predicted octanol–water partition coefficient (Wildman–Crippen LogP) is 1.84. The van der Waals surface area contributed by atoms with Gasteiger partial charge in [0.1, 0.15) is 5.75 Å². The molecule has 3 rings (SSSR count). The lowest BCUT2D eigenvalue weighted by molar-refractivity contribution is -0.903. The number of nitrogens with one attached hydrogen (secondary N) is 2. The molecule has 0 spiro atoms. The van der Waals surface area contributed by atoms with Crippen LogP contribution in [0.4, 0.5) is 5.69 Å². The average Bonchev–Trinajstić information content (AvgIpc) is 2.68. The van der Waals surface area contributed by atoms with Crippen LogP contribution in [0.3, 0.4) is 0 Å². The Balaban J connectivity index is 1.48. The summed E-state index contributed by atoms with van der Waals surface area (Å²) in [6.07, 6.45) is 6.59. The number of likely N-dealkylation sites (N-methyl/N-ethyl adjacent to an activating group) is 1. The number of carbonyl (C=O) groups is 2. The standard InChI is InChI=1S/C21H30ClN3O3/c1-24(13-20(26)23-18-11-17(22)7-8-19(18)28-2)21(27)14-25-10-9-15-5-3-4-6-16(15)12-25/h7-8,11,15-16H,3-6,9-10,12-14H2,1-2H3,(H,23,26)/p+1/t15-,16-/m1/s1. The number of hydrogen-bond acceptors (Lipinski definition) is 3. The number of likely N-dealkylation sites (tertiary alicyclic amines) is 1. The molecule has 154 valence electrons. The van der Waals surface area contributed by atoms with E-state index < -0.39 is 0 Å². The third kappa shape index (κ3) is 5.39. The van der Waals surface area contributed by atoms with Crippen molar-refractivity contribution in [2.24, 2.45) is 11.8 Å². The molecule has 0 radical (unpaired) electrons. The van der Waals surface area contributed by atoms with Crippen molar-refractivity contribution >= 4 is 29.1 Å².